The Balaban J connectivity index is 3.34. The Morgan fingerprint density at radius 3 is 2.43 bits per heavy atom. The van der Waals surface area contributed by atoms with Crippen molar-refractivity contribution in [3.63, 3.8) is 0 Å². The van der Waals surface area contributed by atoms with E-state index in [1.165, 1.54) is 0 Å². The normalized spacial score (nSPS) is 13.4. The number of rotatable bonds is 2. The number of nitrogens with one attached hydrogen (secondary N) is 1. The van der Waals surface area contributed by atoms with E-state index in [0.717, 1.165) is 0 Å². The number of carbonyl (C=O) groups is 1. The van der Waals surface area contributed by atoms with Crippen molar-refractivity contribution in [2.45, 2.75) is 6.04 Å². The summed E-state index contributed by atoms with van der Waals surface area (Å²) in [5, 5.41) is 0. The number of hydrogen-bond acceptors (Lipinski definition) is 3. The first kappa shape index (κ1) is 6.78. The minimum Gasteiger partial charge on any atom is -0.319 e. The van der Waals surface area contributed by atoms with E-state index in [0.29, 0.717) is 0 Å². The second kappa shape index (κ2) is 2.87. The largest absolute Gasteiger partial charge is 0.319 e. The predicted octanol–water partition coefficient (Wildman–Crippen LogP) is -0.947. The maximum absolute atomic E-state index is 9.87. The van der Waals surface area contributed by atoms with Crippen molar-refractivity contribution in [3.8, 4) is 0 Å². The van der Waals surface area contributed by atoms with E-state index in [-0.39, 0.29) is 5.75 Å². The third-order valence-corrected chi connectivity index (χ3v) is 0.927. The average molecular weight is 119 g/mol. The van der Waals surface area contributed by atoms with Crippen molar-refractivity contribution < 1.29 is 4.79 Å². The lowest BCUT2D eigenvalue weighted by Crippen LogP contribution is -2.32. The number of amides is 1. The zero-order chi connectivity index (χ0) is 5.86. The fourth-order valence-corrected chi connectivity index (χ4v) is 0.249. The van der Waals surface area contributed by atoms with Crippen LogP contribution in [0.4, 0.5) is 0 Å². The minimum atomic E-state index is -0.755. The van der Waals surface area contributed by atoms with Crippen LogP contribution in [0.25, 0.3) is 0 Å². The summed E-state index contributed by atoms with van der Waals surface area (Å²) in [6.07, 6.45) is 0. The molecule has 0 aliphatic heterocycles. The second-order valence-electron chi connectivity index (χ2n) is 1.15. The molecule has 3 nitrogen and oxygen atoms in total. The lowest BCUT2D eigenvalue weighted by molar-refractivity contribution is -0.119. The molecule has 0 aliphatic carbocycles. The van der Waals surface area contributed by atoms with Gasteiger partial charge in [0.05, 0.1) is 6.04 Å². The first-order valence-corrected chi connectivity index (χ1v) is 2.43. The Morgan fingerprint density at radius 1 is 2.00 bits per heavy atom. The number of thiol groups is 1. The topological polar surface area (TPSA) is 66.9 Å². The van der Waals surface area contributed by atoms with Crippen molar-refractivity contribution in [2.75, 3.05) is 5.75 Å². The molecule has 7 heavy (non-hydrogen) atoms. The molecule has 4 heteroatoms. The van der Waals surface area contributed by atoms with E-state index in [1.54, 1.807) is 0 Å². The molecule has 0 saturated heterocycles. The molecule has 0 aromatic heterocycles. The third kappa shape index (κ3) is 2.47. The van der Waals surface area contributed by atoms with Gasteiger partial charge in [-0.15, -0.1) is 0 Å². The van der Waals surface area contributed by atoms with E-state index < -0.39 is 11.9 Å². The summed E-state index contributed by atoms with van der Waals surface area (Å²) in [4.78, 5) is 9.87. The van der Waals surface area contributed by atoms with Gasteiger partial charge in [0, 0.05) is 5.75 Å². The SMILES string of the molecule is [NH]C(=O)[C@@H](N)CS. The molecule has 3 N–H and O–H groups in total. The van der Waals surface area contributed by atoms with Gasteiger partial charge < -0.3 is 5.73 Å². The number of hydrogen-bond donors (Lipinski definition) is 2. The first-order chi connectivity index (χ1) is 3.18. The Kier molecular flexibility index (Phi) is 2.78. The molecular weight excluding hydrogens is 112 g/mol. The lowest BCUT2D eigenvalue weighted by atomic mass is 10.4. The van der Waals surface area contributed by atoms with Gasteiger partial charge in [-0.25, -0.2) is 0 Å². The van der Waals surface area contributed by atoms with E-state index >= 15 is 0 Å². The Morgan fingerprint density at radius 2 is 2.43 bits per heavy atom. The number of carbonyl (C=O) groups excluding carboxylic acids is 1. The molecule has 0 rings (SSSR count). The quantitative estimate of drug-likeness (QED) is 0.460. The fourth-order valence-electron chi connectivity index (χ4n) is 0.0829. The summed E-state index contributed by atoms with van der Waals surface area (Å²) < 4.78 is 0. The van der Waals surface area contributed by atoms with Crippen molar-refractivity contribution in [2.24, 2.45) is 5.73 Å². The van der Waals surface area contributed by atoms with Crippen LogP contribution in [-0.2, 0) is 4.79 Å². The van der Waals surface area contributed by atoms with Crippen LogP contribution in [0.5, 0.6) is 0 Å². The highest BCUT2D eigenvalue weighted by molar-refractivity contribution is 7.80. The Labute approximate surface area is 47.5 Å². The van der Waals surface area contributed by atoms with Gasteiger partial charge in [0.15, 0.2) is 0 Å². The Hall–Kier alpha value is -0.220. The molecule has 0 saturated carbocycles. The van der Waals surface area contributed by atoms with Gasteiger partial charge in [-0.2, -0.15) is 12.6 Å². The van der Waals surface area contributed by atoms with Crippen molar-refractivity contribution >= 4 is 18.5 Å². The molecule has 0 fully saturated rings. The molecular formula is C3H7N2OS. The molecule has 0 aromatic carbocycles. The van der Waals surface area contributed by atoms with Gasteiger partial charge in [0.2, 0.25) is 0 Å². The Bertz CT molecular complexity index is 75.3. The fraction of sp³-hybridized carbons (Fsp3) is 0.667. The molecule has 1 atom stereocenters. The van der Waals surface area contributed by atoms with Gasteiger partial charge in [0.1, 0.15) is 0 Å². The monoisotopic (exact) mass is 119 g/mol. The van der Waals surface area contributed by atoms with E-state index in [2.05, 4.69) is 12.6 Å². The molecule has 0 aliphatic rings. The van der Waals surface area contributed by atoms with Crippen LogP contribution in [0.2, 0.25) is 0 Å². The summed E-state index contributed by atoms with van der Waals surface area (Å²) in [6, 6.07) is -0.705. The van der Waals surface area contributed by atoms with E-state index in [1.807, 2.05) is 0 Å². The first-order valence-electron chi connectivity index (χ1n) is 1.80. The standard InChI is InChI=1S/C3H7N2OS/c4-2(1-7)3(5)6/h2,5,7H,1,4H2/t2-/m0/s1. The molecule has 1 radical (unpaired) electrons. The molecule has 0 bridgehead atoms. The predicted molar refractivity (Wildman–Crippen MR) is 29.9 cm³/mol. The van der Waals surface area contributed by atoms with Gasteiger partial charge in [-0.3, -0.25) is 10.5 Å². The van der Waals surface area contributed by atoms with E-state index in [9.17, 15) is 4.79 Å². The average Bonchev–Trinajstić information content (AvgIpc) is 1.65. The van der Waals surface area contributed by atoms with Crippen molar-refractivity contribution in [3.05, 3.63) is 0 Å². The van der Waals surface area contributed by atoms with Gasteiger partial charge in [-0.05, 0) is 0 Å². The van der Waals surface area contributed by atoms with Crippen LogP contribution in [0.1, 0.15) is 0 Å². The maximum Gasteiger partial charge on any atom is 0.256 e. The lowest BCUT2D eigenvalue weighted by Gasteiger charge is -1.96. The van der Waals surface area contributed by atoms with Gasteiger partial charge in [0.25, 0.3) is 5.91 Å². The van der Waals surface area contributed by atoms with Crippen LogP contribution in [0, 0.1) is 0 Å². The number of nitrogens with two attached hydrogens (primary N) is 1. The highest BCUT2D eigenvalue weighted by Crippen LogP contribution is 1.79. The van der Waals surface area contributed by atoms with Crippen LogP contribution in [0.3, 0.4) is 0 Å². The third-order valence-electron chi connectivity index (χ3n) is 0.533. The van der Waals surface area contributed by atoms with Crippen molar-refractivity contribution in [1.82, 2.24) is 5.73 Å². The summed E-state index contributed by atoms with van der Waals surface area (Å²) >= 11 is 3.69. The zero-order valence-corrected chi connectivity index (χ0v) is 4.61. The van der Waals surface area contributed by atoms with Crippen LogP contribution >= 0.6 is 12.6 Å². The van der Waals surface area contributed by atoms with Crippen molar-refractivity contribution in [1.29, 1.82) is 0 Å². The van der Waals surface area contributed by atoms with Crippen LogP contribution in [0.15, 0.2) is 0 Å². The zero-order valence-electron chi connectivity index (χ0n) is 3.72. The summed E-state index contributed by atoms with van der Waals surface area (Å²) in [5.74, 6) is -0.502. The van der Waals surface area contributed by atoms with Gasteiger partial charge >= 0.3 is 0 Å². The van der Waals surface area contributed by atoms with Crippen LogP contribution in [-0.4, -0.2) is 17.7 Å². The molecule has 0 heterocycles. The summed E-state index contributed by atoms with van der Waals surface area (Å²) in [6.45, 7) is 0. The molecule has 0 spiro atoms. The second-order valence-corrected chi connectivity index (χ2v) is 1.52. The van der Waals surface area contributed by atoms with Crippen LogP contribution < -0.4 is 11.5 Å². The maximum atomic E-state index is 9.87. The highest BCUT2D eigenvalue weighted by atomic mass is 32.1. The molecule has 0 aromatic rings. The van der Waals surface area contributed by atoms with E-state index in [4.69, 9.17) is 11.5 Å². The van der Waals surface area contributed by atoms with Gasteiger partial charge in [-0.1, -0.05) is 0 Å². The summed E-state index contributed by atoms with van der Waals surface area (Å²) in [7, 11) is 0. The molecule has 0 unspecified atom stereocenters. The molecule has 1 amide bonds. The highest BCUT2D eigenvalue weighted by Gasteiger charge is 2.04. The molecule has 41 valence electrons. The smallest absolute Gasteiger partial charge is 0.256 e. The summed E-state index contributed by atoms with van der Waals surface area (Å²) in [5.41, 5.74) is 11.4. The minimum absolute atomic E-state index is 0.252.